The van der Waals surface area contributed by atoms with Crippen molar-refractivity contribution in [3.63, 3.8) is 0 Å². The van der Waals surface area contributed by atoms with Crippen LogP contribution in [0.25, 0.3) is 0 Å². The van der Waals surface area contributed by atoms with Crippen LogP contribution in [0.4, 0.5) is 11.5 Å². The zero-order valence-electron chi connectivity index (χ0n) is 11.4. The van der Waals surface area contributed by atoms with E-state index in [-0.39, 0.29) is 5.28 Å². The monoisotopic (exact) mass is 370 g/mol. The molecule has 5 nitrogen and oxygen atoms in total. The Labute approximate surface area is 137 Å². The summed E-state index contributed by atoms with van der Waals surface area (Å²) in [6.07, 6.45) is 3.51. The predicted octanol–water partition coefficient (Wildman–Crippen LogP) is 3.75. The Morgan fingerprint density at radius 1 is 1.33 bits per heavy atom. The van der Waals surface area contributed by atoms with E-state index in [9.17, 15) is 0 Å². The molecule has 0 fully saturated rings. The standard InChI is InChI=1S/C14H16BrClN4O/c15-12-9-19-14(16)20-13(12)18-6-1-2-7-21-11-5-3-4-10(17)8-11/h3-5,8-9H,1-2,6-7,17H2,(H,18,19,20). The van der Waals surface area contributed by atoms with Crippen molar-refractivity contribution in [2.24, 2.45) is 0 Å². The van der Waals surface area contributed by atoms with Gasteiger partial charge in [-0.1, -0.05) is 6.07 Å². The fraction of sp³-hybridized carbons (Fsp3) is 0.286. The number of halogens is 2. The average molecular weight is 372 g/mol. The van der Waals surface area contributed by atoms with E-state index in [1.54, 1.807) is 6.20 Å². The summed E-state index contributed by atoms with van der Waals surface area (Å²) in [5.74, 6) is 1.50. The second-order valence-corrected chi connectivity index (χ2v) is 5.58. The highest BCUT2D eigenvalue weighted by Crippen LogP contribution is 2.20. The average Bonchev–Trinajstić information content (AvgIpc) is 2.46. The van der Waals surface area contributed by atoms with Gasteiger partial charge in [0.25, 0.3) is 0 Å². The summed E-state index contributed by atoms with van der Waals surface area (Å²) in [6.45, 7) is 1.43. The van der Waals surface area contributed by atoms with Gasteiger partial charge in [0, 0.05) is 24.5 Å². The number of anilines is 2. The van der Waals surface area contributed by atoms with E-state index in [1.807, 2.05) is 24.3 Å². The Morgan fingerprint density at radius 2 is 2.19 bits per heavy atom. The highest BCUT2D eigenvalue weighted by atomic mass is 79.9. The van der Waals surface area contributed by atoms with E-state index in [0.29, 0.717) is 18.1 Å². The lowest BCUT2D eigenvalue weighted by Crippen LogP contribution is -2.07. The van der Waals surface area contributed by atoms with Gasteiger partial charge in [-0.2, -0.15) is 4.98 Å². The van der Waals surface area contributed by atoms with E-state index in [4.69, 9.17) is 22.1 Å². The summed E-state index contributed by atoms with van der Waals surface area (Å²) in [5, 5.41) is 3.43. The molecule has 3 N–H and O–H groups in total. The molecule has 1 heterocycles. The summed E-state index contributed by atoms with van der Waals surface area (Å²) in [4.78, 5) is 7.97. The van der Waals surface area contributed by atoms with Crippen molar-refractivity contribution < 1.29 is 4.74 Å². The number of hydrogen-bond acceptors (Lipinski definition) is 5. The van der Waals surface area contributed by atoms with Crippen molar-refractivity contribution in [2.45, 2.75) is 12.8 Å². The molecule has 0 spiro atoms. The third kappa shape index (κ3) is 5.40. The number of rotatable bonds is 7. The van der Waals surface area contributed by atoms with Gasteiger partial charge in [-0.3, -0.25) is 0 Å². The van der Waals surface area contributed by atoms with Gasteiger partial charge < -0.3 is 15.8 Å². The first kappa shape index (κ1) is 15.9. The van der Waals surface area contributed by atoms with Crippen molar-refractivity contribution in [2.75, 3.05) is 24.2 Å². The summed E-state index contributed by atoms with van der Waals surface area (Å²) in [6, 6.07) is 7.43. The molecule has 0 unspecified atom stereocenters. The van der Waals surface area contributed by atoms with Gasteiger partial charge in [0.05, 0.1) is 11.1 Å². The van der Waals surface area contributed by atoms with E-state index in [1.165, 1.54) is 0 Å². The zero-order valence-corrected chi connectivity index (χ0v) is 13.7. The molecule has 0 aliphatic heterocycles. The van der Waals surface area contributed by atoms with Crippen LogP contribution in [0, 0.1) is 0 Å². The topological polar surface area (TPSA) is 73.1 Å². The number of nitrogens with one attached hydrogen (secondary N) is 1. The molecule has 0 saturated heterocycles. The minimum atomic E-state index is 0.227. The van der Waals surface area contributed by atoms with E-state index < -0.39 is 0 Å². The third-order valence-electron chi connectivity index (χ3n) is 2.71. The first-order valence-electron chi connectivity index (χ1n) is 6.55. The molecule has 0 aliphatic carbocycles. The summed E-state index contributed by atoms with van der Waals surface area (Å²) < 4.78 is 6.41. The van der Waals surface area contributed by atoms with Crippen LogP contribution >= 0.6 is 27.5 Å². The van der Waals surface area contributed by atoms with Gasteiger partial charge >= 0.3 is 0 Å². The number of aromatic nitrogens is 2. The quantitative estimate of drug-likeness (QED) is 0.440. The van der Waals surface area contributed by atoms with Gasteiger partial charge in [0.2, 0.25) is 5.28 Å². The number of nitrogens with two attached hydrogens (primary N) is 1. The number of benzene rings is 1. The van der Waals surface area contributed by atoms with Crippen LogP contribution in [0.3, 0.4) is 0 Å². The van der Waals surface area contributed by atoms with Crippen LogP contribution < -0.4 is 15.8 Å². The Kier molecular flexibility index (Phi) is 6.07. The largest absolute Gasteiger partial charge is 0.494 e. The summed E-state index contributed by atoms with van der Waals surface area (Å²) in [5.41, 5.74) is 6.39. The van der Waals surface area contributed by atoms with Gasteiger partial charge in [0.15, 0.2) is 0 Å². The number of ether oxygens (including phenoxy) is 1. The molecule has 0 aliphatic rings. The molecule has 0 radical (unpaired) electrons. The molecule has 112 valence electrons. The van der Waals surface area contributed by atoms with Gasteiger partial charge in [-0.15, -0.1) is 0 Å². The second kappa shape index (κ2) is 8.05. The minimum Gasteiger partial charge on any atom is -0.494 e. The lowest BCUT2D eigenvalue weighted by Gasteiger charge is -2.08. The molecule has 2 aromatic rings. The molecule has 0 saturated carbocycles. The molecule has 0 bridgehead atoms. The lowest BCUT2D eigenvalue weighted by molar-refractivity contribution is 0.308. The number of nitrogens with zero attached hydrogens (tertiary/aromatic N) is 2. The van der Waals surface area contributed by atoms with E-state index in [2.05, 4.69) is 31.2 Å². The fourth-order valence-electron chi connectivity index (χ4n) is 1.70. The smallest absolute Gasteiger partial charge is 0.224 e. The Balaban J connectivity index is 1.65. The van der Waals surface area contributed by atoms with Crippen LogP contribution in [-0.2, 0) is 0 Å². The lowest BCUT2D eigenvalue weighted by atomic mass is 10.3. The van der Waals surface area contributed by atoms with Gasteiger partial charge in [0.1, 0.15) is 11.6 Å². The molecule has 1 aromatic carbocycles. The maximum absolute atomic E-state index is 5.75. The summed E-state index contributed by atoms with van der Waals surface area (Å²) >= 11 is 9.11. The molecule has 1 aromatic heterocycles. The molecule has 0 amide bonds. The number of unbranched alkanes of at least 4 members (excludes halogenated alkanes) is 1. The molecular formula is C14H16BrClN4O. The fourth-order valence-corrected chi connectivity index (χ4v) is 2.16. The maximum atomic E-state index is 5.75. The first-order chi connectivity index (χ1) is 10.1. The first-order valence-corrected chi connectivity index (χ1v) is 7.72. The Morgan fingerprint density at radius 3 is 3.00 bits per heavy atom. The predicted molar refractivity (Wildman–Crippen MR) is 88.8 cm³/mol. The van der Waals surface area contributed by atoms with Crippen LogP contribution in [-0.4, -0.2) is 23.1 Å². The highest BCUT2D eigenvalue weighted by Gasteiger charge is 2.02. The number of hydrogen-bond donors (Lipinski definition) is 2. The van der Waals surface area contributed by atoms with E-state index in [0.717, 1.165) is 29.6 Å². The van der Waals surface area contributed by atoms with Crippen molar-refractivity contribution in [1.82, 2.24) is 9.97 Å². The normalized spacial score (nSPS) is 10.4. The van der Waals surface area contributed by atoms with Gasteiger partial charge in [-0.25, -0.2) is 4.98 Å². The second-order valence-electron chi connectivity index (χ2n) is 4.39. The Hall–Kier alpha value is -1.53. The van der Waals surface area contributed by atoms with Crippen LogP contribution in [0.5, 0.6) is 5.75 Å². The van der Waals surface area contributed by atoms with Crippen molar-refractivity contribution >= 4 is 39.0 Å². The van der Waals surface area contributed by atoms with Crippen LogP contribution in [0.1, 0.15) is 12.8 Å². The number of nitrogen functional groups attached to an aromatic ring is 1. The van der Waals surface area contributed by atoms with Crippen LogP contribution in [0.15, 0.2) is 34.9 Å². The third-order valence-corrected chi connectivity index (χ3v) is 3.47. The molecule has 7 heteroatoms. The molecular weight excluding hydrogens is 356 g/mol. The molecule has 21 heavy (non-hydrogen) atoms. The highest BCUT2D eigenvalue weighted by molar-refractivity contribution is 9.10. The zero-order chi connectivity index (χ0) is 15.1. The van der Waals surface area contributed by atoms with E-state index >= 15 is 0 Å². The SMILES string of the molecule is Nc1cccc(OCCCCNc2nc(Cl)ncc2Br)c1. The Bertz CT molecular complexity index is 597. The summed E-state index contributed by atoms with van der Waals surface area (Å²) in [7, 11) is 0. The maximum Gasteiger partial charge on any atom is 0.224 e. The van der Waals surface area contributed by atoms with Crippen molar-refractivity contribution in [3.05, 3.63) is 40.2 Å². The van der Waals surface area contributed by atoms with Crippen molar-refractivity contribution in [1.29, 1.82) is 0 Å². The van der Waals surface area contributed by atoms with Crippen molar-refractivity contribution in [3.8, 4) is 5.75 Å². The molecule has 0 atom stereocenters. The minimum absolute atomic E-state index is 0.227. The van der Waals surface area contributed by atoms with Crippen LogP contribution in [0.2, 0.25) is 5.28 Å². The van der Waals surface area contributed by atoms with Gasteiger partial charge in [-0.05, 0) is 52.5 Å². The molecule has 2 rings (SSSR count).